The van der Waals surface area contributed by atoms with Gasteiger partial charge in [0, 0.05) is 28.4 Å². The van der Waals surface area contributed by atoms with E-state index in [1.807, 2.05) is 0 Å². The van der Waals surface area contributed by atoms with Gasteiger partial charge in [-0.25, -0.2) is 0 Å². The lowest BCUT2D eigenvalue weighted by atomic mass is 9.62. The van der Waals surface area contributed by atoms with Crippen LogP contribution in [0.2, 0.25) is 0 Å². The lowest BCUT2D eigenvalue weighted by molar-refractivity contribution is 0.732. The number of rotatable bonds is 13. The van der Waals surface area contributed by atoms with Crippen LogP contribution in [0.15, 0.2) is 261 Å². The topological polar surface area (TPSA) is 9.72 Å². The molecule has 0 spiro atoms. The van der Waals surface area contributed by atoms with Crippen LogP contribution in [-0.4, -0.2) is 0 Å². The van der Waals surface area contributed by atoms with Crippen LogP contribution in [-0.2, 0) is 5.41 Å². The Morgan fingerprint density at radius 2 is 0.810 bits per heavy atom. The van der Waals surface area contributed by atoms with Crippen molar-refractivity contribution in [1.29, 1.82) is 0 Å². The molecule has 10 aromatic rings. The second-order valence-corrected chi connectivity index (χ2v) is 21.3. The Hall–Kier alpha value is -9.18. The molecule has 10 aromatic carbocycles. The largest absolute Gasteiger partial charge is 0.310 e. The fourth-order valence-electron chi connectivity index (χ4n) is 12.3. The number of anilines is 8. The molecule has 0 N–H and O–H groups in total. The van der Waals surface area contributed by atoms with Gasteiger partial charge in [0.1, 0.15) is 0 Å². The molecule has 0 saturated heterocycles. The first kappa shape index (κ1) is 51.9. The Kier molecular flexibility index (Phi) is 14.2. The third kappa shape index (κ3) is 9.29. The van der Waals surface area contributed by atoms with Crippen molar-refractivity contribution in [2.75, 3.05) is 14.7 Å². The van der Waals surface area contributed by atoms with Gasteiger partial charge in [0.05, 0.1) is 28.2 Å². The number of aryl methyl sites for hydroxylation is 4. The molecule has 0 saturated carbocycles. The standard InChI is InChI=1S/C76H69N3/c1-11-65(77(74-53(4)49-51(2)56(7)58(74)9)67-43-36-62(37-44-67)60-25-15-12-16-26-60)42-35-55(6)76(70-31-21-23-33-72(70)79(66-29-19-14-20-30-66)73-34-24-22-32-71(73)76)64-40-47-69(48-41-64)78(75-54(5)50-52(3)57(8)59(75)10)68-45-38-63(39-46-68)61-27-17-13-18-28-61/h11-50H,6H2,1-5,7-10H3/b42-35-,65-11+. The van der Waals surface area contributed by atoms with Gasteiger partial charge in [-0.15, -0.1) is 0 Å². The number of fused-ring (bicyclic) bond motifs is 2. The lowest BCUT2D eigenvalue weighted by Crippen LogP contribution is -2.37. The zero-order valence-corrected chi connectivity index (χ0v) is 47.1. The monoisotopic (exact) mass is 1020 g/mol. The summed E-state index contributed by atoms with van der Waals surface area (Å²) in [6.07, 6.45) is 6.81. The van der Waals surface area contributed by atoms with Gasteiger partial charge < -0.3 is 14.7 Å². The van der Waals surface area contributed by atoms with Gasteiger partial charge in [-0.3, -0.25) is 0 Å². The summed E-state index contributed by atoms with van der Waals surface area (Å²) in [4.78, 5) is 7.31. The first-order valence-corrected chi connectivity index (χ1v) is 27.6. The summed E-state index contributed by atoms with van der Waals surface area (Å²) in [5.41, 5.74) is 28.5. The first-order chi connectivity index (χ1) is 38.4. The maximum Gasteiger partial charge on any atom is 0.0736 e. The highest BCUT2D eigenvalue weighted by Gasteiger charge is 2.46. The summed E-state index contributed by atoms with van der Waals surface area (Å²) < 4.78 is 0. The van der Waals surface area contributed by atoms with Crippen molar-refractivity contribution in [3.63, 3.8) is 0 Å². The molecule has 388 valence electrons. The Morgan fingerprint density at radius 3 is 1.30 bits per heavy atom. The Bertz CT molecular complexity index is 3880. The molecule has 3 nitrogen and oxygen atoms in total. The highest BCUT2D eigenvalue weighted by molar-refractivity contribution is 5.91. The molecule has 0 radical (unpaired) electrons. The Labute approximate surface area is 469 Å². The molecular weight excluding hydrogens is 955 g/mol. The summed E-state index contributed by atoms with van der Waals surface area (Å²) in [5, 5.41) is 0. The van der Waals surface area contributed by atoms with Crippen LogP contribution in [0.1, 0.15) is 68.1 Å². The number of hydrogen-bond acceptors (Lipinski definition) is 3. The van der Waals surface area contributed by atoms with Crippen molar-refractivity contribution in [1.82, 2.24) is 0 Å². The minimum absolute atomic E-state index is 0.824. The Balaban J connectivity index is 1.10. The number of para-hydroxylation sites is 3. The molecule has 1 heterocycles. The molecule has 1 aliphatic heterocycles. The van der Waals surface area contributed by atoms with Gasteiger partial charge in [-0.05, 0) is 218 Å². The second kappa shape index (κ2) is 21.7. The number of benzene rings is 10. The minimum Gasteiger partial charge on any atom is -0.310 e. The van der Waals surface area contributed by atoms with Crippen LogP contribution in [0.4, 0.5) is 45.5 Å². The van der Waals surface area contributed by atoms with Crippen molar-refractivity contribution >= 4 is 45.5 Å². The van der Waals surface area contributed by atoms with Crippen LogP contribution < -0.4 is 14.7 Å². The first-order valence-electron chi connectivity index (χ1n) is 27.6. The van der Waals surface area contributed by atoms with E-state index in [-0.39, 0.29) is 0 Å². The molecule has 3 heteroatoms. The zero-order chi connectivity index (χ0) is 55.0. The van der Waals surface area contributed by atoms with Gasteiger partial charge in [0.15, 0.2) is 0 Å². The highest BCUT2D eigenvalue weighted by Crippen LogP contribution is 2.58. The van der Waals surface area contributed by atoms with E-state index in [1.165, 1.54) is 78.1 Å². The summed E-state index contributed by atoms with van der Waals surface area (Å²) in [5.74, 6) is 0. The van der Waals surface area contributed by atoms with Crippen LogP contribution in [0.5, 0.6) is 0 Å². The lowest BCUT2D eigenvalue weighted by Gasteiger charge is -2.46. The zero-order valence-electron chi connectivity index (χ0n) is 47.1. The van der Waals surface area contributed by atoms with Gasteiger partial charge in [-0.2, -0.15) is 0 Å². The van der Waals surface area contributed by atoms with E-state index >= 15 is 0 Å². The molecule has 0 bridgehead atoms. The summed E-state index contributed by atoms with van der Waals surface area (Å²) in [6, 6.07) is 82.0. The van der Waals surface area contributed by atoms with Gasteiger partial charge in [-0.1, -0.05) is 183 Å². The van der Waals surface area contributed by atoms with E-state index in [4.69, 9.17) is 6.58 Å². The molecule has 1 aliphatic rings. The van der Waals surface area contributed by atoms with E-state index in [9.17, 15) is 0 Å². The normalized spacial score (nSPS) is 12.8. The van der Waals surface area contributed by atoms with Gasteiger partial charge in [0.25, 0.3) is 0 Å². The maximum absolute atomic E-state index is 5.21. The van der Waals surface area contributed by atoms with Crippen molar-refractivity contribution in [2.45, 2.75) is 67.7 Å². The maximum atomic E-state index is 5.21. The smallest absolute Gasteiger partial charge is 0.0736 e. The van der Waals surface area contributed by atoms with Crippen LogP contribution in [0, 0.1) is 55.4 Å². The predicted octanol–water partition coefficient (Wildman–Crippen LogP) is 20.9. The third-order valence-corrected chi connectivity index (χ3v) is 16.7. The molecule has 0 fully saturated rings. The van der Waals surface area contributed by atoms with E-state index < -0.39 is 5.41 Å². The van der Waals surface area contributed by atoms with E-state index in [0.29, 0.717) is 0 Å². The second-order valence-electron chi connectivity index (χ2n) is 21.3. The molecule has 79 heavy (non-hydrogen) atoms. The number of allylic oxidation sites excluding steroid dienone is 4. The van der Waals surface area contributed by atoms with Gasteiger partial charge >= 0.3 is 0 Å². The molecule has 0 unspecified atom stereocenters. The summed E-state index contributed by atoms with van der Waals surface area (Å²) in [7, 11) is 0. The molecular formula is C76H69N3. The molecule has 0 atom stereocenters. The summed E-state index contributed by atoms with van der Waals surface area (Å²) in [6.45, 7) is 25.3. The third-order valence-electron chi connectivity index (χ3n) is 16.7. The van der Waals surface area contributed by atoms with E-state index in [2.05, 4.69) is 320 Å². The van der Waals surface area contributed by atoms with Gasteiger partial charge in [0.2, 0.25) is 0 Å². The van der Waals surface area contributed by atoms with E-state index in [1.54, 1.807) is 0 Å². The number of hydrogen-bond donors (Lipinski definition) is 0. The van der Waals surface area contributed by atoms with Crippen molar-refractivity contribution in [2.24, 2.45) is 0 Å². The predicted molar refractivity (Wildman–Crippen MR) is 338 cm³/mol. The fourth-order valence-corrected chi connectivity index (χ4v) is 12.3. The average Bonchev–Trinajstić information content (AvgIpc) is 3.63. The van der Waals surface area contributed by atoms with E-state index in [0.717, 1.165) is 62.1 Å². The molecule has 0 amide bonds. The van der Waals surface area contributed by atoms with Crippen molar-refractivity contribution in [3.8, 4) is 22.3 Å². The highest BCUT2D eigenvalue weighted by atomic mass is 15.2. The Morgan fingerprint density at radius 1 is 0.405 bits per heavy atom. The van der Waals surface area contributed by atoms with Crippen LogP contribution >= 0.6 is 0 Å². The van der Waals surface area contributed by atoms with Crippen molar-refractivity contribution < 1.29 is 0 Å². The molecule has 11 rings (SSSR count). The molecule has 0 aliphatic carbocycles. The fraction of sp³-hybridized carbons (Fsp3) is 0.132. The van der Waals surface area contributed by atoms with Crippen LogP contribution in [0.3, 0.4) is 0 Å². The summed E-state index contributed by atoms with van der Waals surface area (Å²) >= 11 is 0. The SMILES string of the molecule is C=C(/C=C\C(=C/C)N(c1ccc(-c2ccccc2)cc1)c1c(C)cc(C)c(C)c1C)C1(c2ccc(N(c3ccc(-c4ccccc4)cc3)c3c(C)cc(C)c(C)c3C)cc2)c2ccccc2N(c2ccccc2)c2ccccc21. The minimum atomic E-state index is -0.824. The average molecular weight is 1020 g/mol. The number of nitrogens with zero attached hydrogens (tertiary/aromatic N) is 3. The quantitative estimate of drug-likeness (QED) is 0.107. The van der Waals surface area contributed by atoms with Crippen molar-refractivity contribution in [3.05, 3.63) is 322 Å². The van der Waals surface area contributed by atoms with Crippen LogP contribution in [0.25, 0.3) is 22.3 Å². The molecule has 0 aromatic heterocycles.